The topological polar surface area (TPSA) is 71.4 Å². The van der Waals surface area contributed by atoms with E-state index in [0.29, 0.717) is 0 Å². The molecule has 4 nitrogen and oxygen atoms in total. The summed E-state index contributed by atoms with van der Waals surface area (Å²) in [5.74, 6) is -0.499. The number of benzene rings is 2. The molecule has 0 heterocycles. The van der Waals surface area contributed by atoms with Crippen LogP contribution < -0.4 is 5.30 Å². The van der Waals surface area contributed by atoms with E-state index in [2.05, 4.69) is 6.58 Å². The summed E-state index contributed by atoms with van der Waals surface area (Å²) >= 11 is 0. The van der Waals surface area contributed by atoms with Gasteiger partial charge in [-0.3, -0.25) is 14.2 Å². The predicted octanol–water partition coefficient (Wildman–Crippen LogP) is 2.79. The lowest BCUT2D eigenvalue weighted by Gasteiger charge is -2.13. The van der Waals surface area contributed by atoms with Crippen molar-refractivity contribution < 1.29 is 19.0 Å². The molecular weight excluding hydrogens is 287 g/mol. The van der Waals surface area contributed by atoms with E-state index in [0.717, 1.165) is 6.08 Å². The molecule has 0 radical (unpaired) electrons. The normalized spacial score (nSPS) is 13.2. The molecule has 0 aliphatic heterocycles. The van der Waals surface area contributed by atoms with Crippen LogP contribution in [0.4, 0.5) is 0 Å². The van der Waals surface area contributed by atoms with E-state index in [1.165, 1.54) is 30.3 Å². The zero-order chi connectivity index (χ0) is 15.5. The van der Waals surface area contributed by atoms with Gasteiger partial charge in [-0.25, -0.2) is 0 Å². The SMILES string of the molecule is C=CC(=O)c1ccccc1P(=O)(O)C(=O)c1ccccc1. The molecule has 0 saturated heterocycles. The van der Waals surface area contributed by atoms with Crippen molar-refractivity contribution in [1.82, 2.24) is 0 Å². The van der Waals surface area contributed by atoms with Crippen molar-refractivity contribution in [2.45, 2.75) is 0 Å². The molecule has 5 heteroatoms. The van der Waals surface area contributed by atoms with Crippen LogP contribution in [0.25, 0.3) is 0 Å². The molecule has 0 spiro atoms. The Morgan fingerprint density at radius 1 is 1.00 bits per heavy atom. The molecule has 106 valence electrons. The van der Waals surface area contributed by atoms with Crippen LogP contribution in [0.15, 0.2) is 67.3 Å². The second kappa shape index (κ2) is 6.00. The van der Waals surface area contributed by atoms with Gasteiger partial charge in [0.25, 0.3) is 12.9 Å². The first-order chi connectivity index (χ1) is 9.98. The Morgan fingerprint density at radius 2 is 1.57 bits per heavy atom. The molecule has 1 N–H and O–H groups in total. The summed E-state index contributed by atoms with van der Waals surface area (Å²) in [6.45, 7) is 3.36. The van der Waals surface area contributed by atoms with Gasteiger partial charge in [-0.15, -0.1) is 0 Å². The smallest absolute Gasteiger partial charge is 0.299 e. The van der Waals surface area contributed by atoms with Gasteiger partial charge in [0.1, 0.15) is 0 Å². The molecule has 0 bridgehead atoms. The van der Waals surface area contributed by atoms with Gasteiger partial charge in [0.2, 0.25) is 0 Å². The summed E-state index contributed by atoms with van der Waals surface area (Å²) in [6, 6.07) is 13.6. The molecule has 0 fully saturated rings. The van der Waals surface area contributed by atoms with Gasteiger partial charge in [0.15, 0.2) is 5.78 Å². The van der Waals surface area contributed by atoms with E-state index in [4.69, 9.17) is 0 Å². The Morgan fingerprint density at radius 3 is 2.19 bits per heavy atom. The predicted molar refractivity (Wildman–Crippen MR) is 81.2 cm³/mol. The Balaban J connectivity index is 2.55. The maximum atomic E-state index is 12.6. The lowest BCUT2D eigenvalue weighted by molar-refractivity contribution is 0.104. The molecule has 21 heavy (non-hydrogen) atoms. The van der Waals surface area contributed by atoms with Crippen molar-refractivity contribution in [3.8, 4) is 0 Å². The highest BCUT2D eigenvalue weighted by atomic mass is 31.2. The molecule has 1 unspecified atom stereocenters. The fourth-order valence-corrected chi connectivity index (χ4v) is 3.44. The molecule has 1 atom stereocenters. The summed E-state index contributed by atoms with van der Waals surface area (Å²) in [5, 5.41) is -0.163. The first-order valence-electron chi connectivity index (χ1n) is 6.17. The van der Waals surface area contributed by atoms with Gasteiger partial charge in [-0.05, 0) is 12.1 Å². The van der Waals surface area contributed by atoms with Crippen LogP contribution in [0.3, 0.4) is 0 Å². The monoisotopic (exact) mass is 300 g/mol. The van der Waals surface area contributed by atoms with E-state index in [1.807, 2.05) is 0 Å². The third-order valence-corrected chi connectivity index (χ3v) is 4.83. The second-order valence-corrected chi connectivity index (χ2v) is 6.37. The quantitative estimate of drug-likeness (QED) is 0.523. The minimum absolute atomic E-state index is 0.0163. The van der Waals surface area contributed by atoms with Gasteiger partial charge in [-0.1, -0.05) is 55.1 Å². The van der Waals surface area contributed by atoms with E-state index in [-0.39, 0.29) is 16.4 Å². The molecule has 2 aromatic rings. The van der Waals surface area contributed by atoms with Crippen molar-refractivity contribution in [2.75, 3.05) is 0 Å². The van der Waals surface area contributed by atoms with Crippen LogP contribution in [0.1, 0.15) is 20.7 Å². The molecule has 0 aromatic heterocycles. The van der Waals surface area contributed by atoms with Crippen LogP contribution >= 0.6 is 7.37 Å². The number of hydrogen-bond acceptors (Lipinski definition) is 3. The first kappa shape index (κ1) is 15.1. The molecule has 2 rings (SSSR count). The third kappa shape index (κ3) is 2.92. The van der Waals surface area contributed by atoms with Gasteiger partial charge in [-0.2, -0.15) is 0 Å². The van der Waals surface area contributed by atoms with Crippen molar-refractivity contribution in [3.05, 3.63) is 78.4 Å². The second-order valence-electron chi connectivity index (χ2n) is 4.33. The summed E-state index contributed by atoms with van der Waals surface area (Å²) in [6.07, 6.45) is 1.05. The molecule has 0 amide bonds. The van der Waals surface area contributed by atoms with Crippen LogP contribution in [-0.2, 0) is 4.57 Å². The first-order valence-corrected chi connectivity index (χ1v) is 7.83. The number of allylic oxidation sites excluding steroid dienone is 1. The van der Waals surface area contributed by atoms with Crippen molar-refractivity contribution >= 4 is 24.0 Å². The number of hydrogen-bond donors (Lipinski definition) is 1. The lowest BCUT2D eigenvalue weighted by Crippen LogP contribution is -2.19. The van der Waals surface area contributed by atoms with Crippen LogP contribution in [0.2, 0.25) is 0 Å². The van der Waals surface area contributed by atoms with Crippen LogP contribution in [0, 0.1) is 0 Å². The van der Waals surface area contributed by atoms with Crippen molar-refractivity contribution in [3.63, 3.8) is 0 Å². The van der Waals surface area contributed by atoms with Crippen molar-refractivity contribution in [1.29, 1.82) is 0 Å². The lowest BCUT2D eigenvalue weighted by atomic mass is 10.1. The highest BCUT2D eigenvalue weighted by Gasteiger charge is 2.35. The fourth-order valence-electron chi connectivity index (χ4n) is 1.92. The van der Waals surface area contributed by atoms with E-state index in [1.54, 1.807) is 24.3 Å². The van der Waals surface area contributed by atoms with Gasteiger partial charge >= 0.3 is 0 Å². The van der Waals surface area contributed by atoms with E-state index >= 15 is 0 Å². The fraction of sp³-hybridized carbons (Fsp3) is 0. The molecular formula is C16H13O4P. The Bertz CT molecular complexity index is 750. The zero-order valence-corrected chi connectivity index (χ0v) is 12.0. The largest absolute Gasteiger partial charge is 0.336 e. The van der Waals surface area contributed by atoms with Crippen molar-refractivity contribution in [2.24, 2.45) is 0 Å². The Labute approximate surface area is 122 Å². The number of carbonyl (C=O) groups excluding carboxylic acids is 2. The van der Waals surface area contributed by atoms with Crippen LogP contribution in [0.5, 0.6) is 0 Å². The van der Waals surface area contributed by atoms with E-state index in [9.17, 15) is 19.0 Å². The van der Waals surface area contributed by atoms with E-state index < -0.39 is 18.7 Å². The number of carbonyl (C=O) groups is 2. The molecule has 2 aromatic carbocycles. The summed E-state index contributed by atoms with van der Waals surface area (Å²) < 4.78 is 12.6. The zero-order valence-electron chi connectivity index (χ0n) is 11.1. The van der Waals surface area contributed by atoms with Gasteiger partial charge in [0.05, 0.1) is 5.30 Å². The molecule has 0 aliphatic rings. The van der Waals surface area contributed by atoms with Gasteiger partial charge in [0, 0.05) is 11.1 Å². The average molecular weight is 300 g/mol. The Hall–Kier alpha value is -2.29. The van der Waals surface area contributed by atoms with Gasteiger partial charge < -0.3 is 4.89 Å². The number of ketones is 1. The summed E-state index contributed by atoms with van der Waals surface area (Å²) in [4.78, 5) is 34.3. The minimum Gasteiger partial charge on any atom is -0.336 e. The molecule has 0 saturated carbocycles. The number of rotatable bonds is 5. The highest BCUT2D eigenvalue weighted by molar-refractivity contribution is 7.82. The maximum absolute atomic E-state index is 12.6. The standard InChI is InChI=1S/C16H13O4P/c1-2-14(17)13-10-6-7-11-15(13)21(19,20)16(18)12-8-4-3-5-9-12/h2-11H,1H2,(H,19,20). The highest BCUT2D eigenvalue weighted by Crippen LogP contribution is 2.44. The minimum atomic E-state index is -4.37. The molecule has 0 aliphatic carbocycles. The summed E-state index contributed by atoms with van der Waals surface area (Å²) in [5.41, 5.74) is -0.751. The summed E-state index contributed by atoms with van der Waals surface area (Å²) in [7, 11) is -4.37. The maximum Gasteiger partial charge on any atom is 0.299 e. The third-order valence-electron chi connectivity index (χ3n) is 2.98. The van der Waals surface area contributed by atoms with Crippen LogP contribution in [-0.4, -0.2) is 16.2 Å². The average Bonchev–Trinajstić information content (AvgIpc) is 2.54. The Kier molecular flexibility index (Phi) is 4.32.